The molecule has 22 heavy (non-hydrogen) atoms. The van der Waals surface area contributed by atoms with Crippen molar-refractivity contribution in [1.82, 2.24) is 10.3 Å². The number of hydrogen-bond donors (Lipinski definition) is 2. The van der Waals surface area contributed by atoms with Crippen molar-refractivity contribution in [2.45, 2.75) is 51.7 Å². The molecule has 120 valence electrons. The Bertz CT molecular complexity index is 688. The van der Waals surface area contributed by atoms with Crippen LogP contribution in [0.2, 0.25) is 0 Å². The Morgan fingerprint density at radius 2 is 1.86 bits per heavy atom. The number of non-ortho nitro benzene ring substituents is 1. The van der Waals surface area contributed by atoms with Gasteiger partial charge < -0.3 is 10.4 Å². The lowest BCUT2D eigenvalue weighted by Gasteiger charge is -2.30. The van der Waals surface area contributed by atoms with Gasteiger partial charge in [0.05, 0.1) is 16.2 Å². The van der Waals surface area contributed by atoms with Crippen molar-refractivity contribution in [3.05, 3.63) is 22.2 Å². The molecule has 8 nitrogen and oxygen atoms in total. The van der Waals surface area contributed by atoms with E-state index in [-0.39, 0.29) is 16.7 Å². The maximum Gasteiger partial charge on any atom is 0.300 e. The largest absolute Gasteiger partial charge is 0.390 e. The summed E-state index contributed by atoms with van der Waals surface area (Å²) < 4.78 is 4.64. The average Bonchev–Trinajstić information content (AvgIpc) is 2.85. The molecule has 1 heterocycles. The van der Waals surface area contributed by atoms with Gasteiger partial charge in [-0.3, -0.25) is 10.1 Å². The minimum Gasteiger partial charge on any atom is -0.390 e. The van der Waals surface area contributed by atoms with E-state index in [1.165, 1.54) is 6.07 Å². The van der Waals surface area contributed by atoms with Gasteiger partial charge in [0.1, 0.15) is 0 Å². The van der Waals surface area contributed by atoms with Gasteiger partial charge in [0.15, 0.2) is 5.52 Å². The molecule has 1 aromatic carbocycles. The van der Waals surface area contributed by atoms with Gasteiger partial charge in [0.2, 0.25) is 5.52 Å². The van der Waals surface area contributed by atoms with Crippen LogP contribution in [0.15, 0.2) is 16.8 Å². The van der Waals surface area contributed by atoms with E-state index in [4.69, 9.17) is 0 Å². The summed E-state index contributed by atoms with van der Waals surface area (Å²) in [5, 5.41) is 31.5. The van der Waals surface area contributed by atoms with E-state index in [0.29, 0.717) is 24.0 Å². The third-order valence-corrected chi connectivity index (χ3v) is 3.43. The van der Waals surface area contributed by atoms with Gasteiger partial charge >= 0.3 is 5.69 Å². The molecule has 0 spiro atoms. The van der Waals surface area contributed by atoms with Crippen molar-refractivity contribution in [2.75, 3.05) is 5.32 Å². The standard InChI is InChI=1S/C14H20N4O4/c1-13(2,7-8-14(3,4)19)15-9-5-6-10(18(20)21)12-11(9)16-22-17-12/h5-6,15,19H,7-8H2,1-4H3. The van der Waals surface area contributed by atoms with E-state index in [2.05, 4.69) is 20.3 Å². The van der Waals surface area contributed by atoms with Crippen LogP contribution in [0.1, 0.15) is 40.5 Å². The Kier molecular flexibility index (Phi) is 4.06. The molecule has 0 unspecified atom stereocenters. The predicted molar refractivity (Wildman–Crippen MR) is 81.7 cm³/mol. The maximum atomic E-state index is 11.0. The number of hydrogen-bond acceptors (Lipinski definition) is 7. The Morgan fingerprint density at radius 1 is 1.23 bits per heavy atom. The Hall–Kier alpha value is -2.22. The van der Waals surface area contributed by atoms with Crippen LogP contribution in [0.4, 0.5) is 11.4 Å². The zero-order valence-corrected chi connectivity index (χ0v) is 13.1. The van der Waals surface area contributed by atoms with E-state index in [0.717, 1.165) is 0 Å². The lowest BCUT2D eigenvalue weighted by Crippen LogP contribution is -2.34. The van der Waals surface area contributed by atoms with Crippen molar-refractivity contribution in [1.29, 1.82) is 0 Å². The minimum absolute atomic E-state index is 0.119. The normalized spacial score (nSPS) is 12.6. The van der Waals surface area contributed by atoms with Crippen molar-refractivity contribution >= 4 is 22.4 Å². The van der Waals surface area contributed by atoms with Crippen LogP contribution in [0.5, 0.6) is 0 Å². The van der Waals surface area contributed by atoms with Gasteiger partial charge in [-0.1, -0.05) is 0 Å². The number of rotatable bonds is 6. The predicted octanol–water partition coefficient (Wildman–Crippen LogP) is 2.87. The summed E-state index contributed by atoms with van der Waals surface area (Å²) in [5.74, 6) is 0. The molecule has 0 aliphatic rings. The molecule has 2 rings (SSSR count). The summed E-state index contributed by atoms with van der Waals surface area (Å²) in [6.45, 7) is 7.49. The molecule has 1 aromatic heterocycles. The number of nitro benzene ring substituents is 1. The number of aliphatic hydroxyl groups is 1. The van der Waals surface area contributed by atoms with Crippen molar-refractivity contribution < 1.29 is 14.7 Å². The topological polar surface area (TPSA) is 114 Å². The molecule has 0 amide bonds. The Balaban J connectivity index is 2.27. The Morgan fingerprint density at radius 3 is 2.45 bits per heavy atom. The quantitative estimate of drug-likeness (QED) is 0.622. The van der Waals surface area contributed by atoms with Gasteiger partial charge in [-0.15, -0.1) is 0 Å². The third kappa shape index (κ3) is 3.70. The first kappa shape index (κ1) is 16.2. The second-order valence-corrected chi connectivity index (χ2v) is 6.67. The van der Waals surface area contributed by atoms with Crippen molar-refractivity contribution in [3.8, 4) is 0 Å². The smallest absolute Gasteiger partial charge is 0.300 e. The molecule has 0 saturated carbocycles. The van der Waals surface area contributed by atoms with Crippen LogP contribution in [0, 0.1) is 10.1 Å². The van der Waals surface area contributed by atoms with Crippen LogP contribution < -0.4 is 5.32 Å². The van der Waals surface area contributed by atoms with Gasteiger partial charge in [-0.25, -0.2) is 4.63 Å². The van der Waals surface area contributed by atoms with Crippen molar-refractivity contribution in [3.63, 3.8) is 0 Å². The first-order valence-electron chi connectivity index (χ1n) is 6.99. The number of nitrogens with one attached hydrogen (secondary N) is 1. The van der Waals surface area contributed by atoms with Crippen LogP contribution in [0.25, 0.3) is 11.0 Å². The van der Waals surface area contributed by atoms with Crippen LogP contribution in [-0.2, 0) is 0 Å². The molecule has 0 atom stereocenters. The Labute approximate surface area is 127 Å². The number of nitro groups is 1. The molecule has 0 radical (unpaired) electrons. The molecule has 2 N–H and O–H groups in total. The van der Waals surface area contributed by atoms with Gasteiger partial charge in [0.25, 0.3) is 0 Å². The fraction of sp³-hybridized carbons (Fsp3) is 0.571. The summed E-state index contributed by atoms with van der Waals surface area (Å²) in [5.41, 5.74) is -0.168. The van der Waals surface area contributed by atoms with Crippen LogP contribution >= 0.6 is 0 Å². The molecule has 0 aliphatic carbocycles. The van der Waals surface area contributed by atoms with Crippen LogP contribution in [-0.4, -0.2) is 31.5 Å². The number of nitrogens with zero attached hydrogens (tertiary/aromatic N) is 3. The van der Waals surface area contributed by atoms with E-state index in [1.54, 1.807) is 19.9 Å². The molecule has 0 aliphatic heterocycles. The number of benzene rings is 1. The molecule has 0 saturated heterocycles. The molecular weight excluding hydrogens is 288 g/mol. The highest BCUT2D eigenvalue weighted by Crippen LogP contribution is 2.31. The van der Waals surface area contributed by atoms with Crippen molar-refractivity contribution in [2.24, 2.45) is 0 Å². The van der Waals surface area contributed by atoms with Gasteiger partial charge in [-0.05, 0) is 56.9 Å². The first-order chi connectivity index (χ1) is 10.1. The molecular formula is C14H20N4O4. The van der Waals surface area contributed by atoms with E-state index in [9.17, 15) is 15.2 Å². The monoisotopic (exact) mass is 308 g/mol. The van der Waals surface area contributed by atoms with Gasteiger partial charge in [-0.2, -0.15) is 0 Å². The number of anilines is 1. The zero-order chi connectivity index (χ0) is 16.5. The van der Waals surface area contributed by atoms with Crippen LogP contribution in [0.3, 0.4) is 0 Å². The number of fused-ring (bicyclic) bond motifs is 1. The highest BCUT2D eigenvalue weighted by atomic mass is 16.6. The SMILES string of the molecule is CC(C)(O)CCC(C)(C)Nc1ccc([N+](=O)[O-])c2nonc12. The summed E-state index contributed by atoms with van der Waals surface area (Å²) in [4.78, 5) is 10.5. The highest BCUT2D eigenvalue weighted by molar-refractivity contribution is 5.93. The average molecular weight is 308 g/mol. The molecule has 8 heteroatoms. The first-order valence-corrected chi connectivity index (χ1v) is 6.99. The fourth-order valence-electron chi connectivity index (χ4n) is 2.15. The number of aromatic nitrogens is 2. The second-order valence-electron chi connectivity index (χ2n) is 6.67. The summed E-state index contributed by atoms with van der Waals surface area (Å²) >= 11 is 0. The third-order valence-electron chi connectivity index (χ3n) is 3.43. The summed E-state index contributed by atoms with van der Waals surface area (Å²) in [6, 6.07) is 2.97. The molecule has 0 fully saturated rings. The summed E-state index contributed by atoms with van der Waals surface area (Å²) in [7, 11) is 0. The zero-order valence-electron chi connectivity index (χ0n) is 13.1. The molecule has 2 aromatic rings. The summed E-state index contributed by atoms with van der Waals surface area (Å²) in [6.07, 6.45) is 1.32. The van der Waals surface area contributed by atoms with E-state index < -0.39 is 10.5 Å². The maximum absolute atomic E-state index is 11.0. The minimum atomic E-state index is -0.751. The van der Waals surface area contributed by atoms with Gasteiger partial charge in [0, 0.05) is 11.6 Å². The second kappa shape index (κ2) is 5.53. The molecule has 0 bridgehead atoms. The fourth-order valence-corrected chi connectivity index (χ4v) is 2.15. The lowest BCUT2D eigenvalue weighted by atomic mass is 9.91. The van der Waals surface area contributed by atoms with E-state index in [1.807, 2.05) is 13.8 Å². The highest BCUT2D eigenvalue weighted by Gasteiger charge is 2.25. The van der Waals surface area contributed by atoms with E-state index >= 15 is 0 Å². The lowest BCUT2D eigenvalue weighted by molar-refractivity contribution is -0.383.